The van der Waals surface area contributed by atoms with Crippen molar-refractivity contribution in [1.82, 2.24) is 16.0 Å². The Labute approximate surface area is 180 Å². The molecule has 10 nitrogen and oxygen atoms in total. The van der Waals surface area contributed by atoms with Crippen molar-refractivity contribution in [2.75, 3.05) is 5.75 Å². The molecule has 0 saturated heterocycles. The van der Waals surface area contributed by atoms with E-state index in [4.69, 9.17) is 5.73 Å². The molecule has 166 valence electrons. The number of benzene rings is 1. The van der Waals surface area contributed by atoms with Crippen LogP contribution in [0, 0.1) is 0 Å². The molecule has 1 aromatic rings. The summed E-state index contributed by atoms with van der Waals surface area (Å²) in [6.45, 7) is 2.66. The third kappa shape index (κ3) is 8.01. The Bertz CT molecular complexity index is 746. The maximum absolute atomic E-state index is 12.6. The first-order valence-electron chi connectivity index (χ1n) is 9.29. The van der Waals surface area contributed by atoms with Crippen LogP contribution in [0.3, 0.4) is 0 Å². The molecule has 0 spiro atoms. The lowest BCUT2D eigenvalue weighted by atomic mass is 10.0. The monoisotopic (exact) mass is 440 g/mol. The highest BCUT2D eigenvalue weighted by molar-refractivity contribution is 7.80. The Hall–Kier alpha value is -2.63. The Morgan fingerprint density at radius 2 is 1.60 bits per heavy atom. The van der Waals surface area contributed by atoms with Crippen molar-refractivity contribution in [3.63, 3.8) is 0 Å². The minimum absolute atomic E-state index is 0.0243. The third-order valence-corrected chi connectivity index (χ3v) is 4.64. The zero-order valence-electron chi connectivity index (χ0n) is 16.7. The molecule has 0 heterocycles. The zero-order chi connectivity index (χ0) is 22.8. The van der Waals surface area contributed by atoms with Crippen LogP contribution in [-0.2, 0) is 25.6 Å². The molecule has 5 atom stereocenters. The van der Waals surface area contributed by atoms with Gasteiger partial charge < -0.3 is 31.9 Å². The number of carboxylic acid groups (broad SMARTS) is 1. The van der Waals surface area contributed by atoms with Crippen molar-refractivity contribution in [3.05, 3.63) is 35.9 Å². The van der Waals surface area contributed by atoms with Crippen molar-refractivity contribution in [2.45, 2.75) is 50.5 Å². The van der Waals surface area contributed by atoms with Crippen molar-refractivity contribution >= 4 is 36.3 Å². The molecule has 0 aliphatic heterocycles. The van der Waals surface area contributed by atoms with Crippen LogP contribution >= 0.6 is 12.6 Å². The SMILES string of the molecule is CC(NC(=O)C(N)CS)C(=O)NC(C(=O)NC(Cc1ccccc1)C(=O)O)C(C)O. The fraction of sp³-hybridized carbons (Fsp3) is 0.474. The number of hydrogen-bond acceptors (Lipinski definition) is 7. The van der Waals surface area contributed by atoms with Crippen molar-refractivity contribution < 1.29 is 29.4 Å². The van der Waals surface area contributed by atoms with Crippen molar-refractivity contribution in [3.8, 4) is 0 Å². The summed E-state index contributed by atoms with van der Waals surface area (Å²) >= 11 is 3.90. The molecule has 1 rings (SSSR count). The average Bonchev–Trinajstić information content (AvgIpc) is 2.70. The standard InChI is InChI=1S/C19H28N4O6S/c1-10(21-17(26)13(20)9-30)16(25)23-15(11(2)24)18(27)22-14(19(28)29)8-12-6-4-3-5-7-12/h3-7,10-11,13-15,24,30H,8-9,20H2,1-2H3,(H,21,26)(H,22,27)(H,23,25)(H,28,29). The van der Waals surface area contributed by atoms with E-state index in [1.54, 1.807) is 30.3 Å². The van der Waals surface area contributed by atoms with Gasteiger partial charge >= 0.3 is 5.97 Å². The van der Waals surface area contributed by atoms with Gasteiger partial charge in [0, 0.05) is 12.2 Å². The molecule has 0 saturated carbocycles. The number of aliphatic hydroxyl groups excluding tert-OH is 1. The second kappa shape index (κ2) is 12.2. The second-order valence-electron chi connectivity index (χ2n) is 6.84. The minimum Gasteiger partial charge on any atom is -0.480 e. The zero-order valence-corrected chi connectivity index (χ0v) is 17.6. The fourth-order valence-electron chi connectivity index (χ4n) is 2.46. The number of nitrogens with one attached hydrogen (secondary N) is 3. The summed E-state index contributed by atoms with van der Waals surface area (Å²) < 4.78 is 0. The lowest BCUT2D eigenvalue weighted by Gasteiger charge is -2.25. The van der Waals surface area contributed by atoms with E-state index in [1.807, 2.05) is 0 Å². The highest BCUT2D eigenvalue weighted by Gasteiger charge is 2.31. The number of carbonyl (C=O) groups is 4. The van der Waals surface area contributed by atoms with Gasteiger partial charge in [-0.3, -0.25) is 14.4 Å². The predicted octanol–water partition coefficient (Wildman–Crippen LogP) is -1.57. The molecule has 0 bridgehead atoms. The van der Waals surface area contributed by atoms with E-state index in [0.717, 1.165) is 0 Å². The minimum atomic E-state index is -1.42. The summed E-state index contributed by atoms with van der Waals surface area (Å²) in [5.41, 5.74) is 6.22. The van der Waals surface area contributed by atoms with Gasteiger partial charge in [0.2, 0.25) is 17.7 Å². The summed E-state index contributed by atoms with van der Waals surface area (Å²) in [6.07, 6.45) is -1.29. The molecular formula is C19H28N4O6S. The number of nitrogens with two attached hydrogens (primary N) is 1. The Balaban J connectivity index is 2.79. The molecule has 3 amide bonds. The molecule has 0 fully saturated rings. The molecule has 5 unspecified atom stereocenters. The number of aliphatic carboxylic acids is 1. The Morgan fingerprint density at radius 1 is 1.00 bits per heavy atom. The van der Waals surface area contributed by atoms with Crippen LogP contribution in [-0.4, -0.2) is 69.9 Å². The van der Waals surface area contributed by atoms with Gasteiger partial charge in [-0.1, -0.05) is 30.3 Å². The number of carbonyl (C=O) groups excluding carboxylic acids is 3. The van der Waals surface area contributed by atoms with E-state index in [9.17, 15) is 29.4 Å². The number of amides is 3. The van der Waals surface area contributed by atoms with Gasteiger partial charge in [-0.05, 0) is 19.4 Å². The molecule has 0 aliphatic carbocycles. The van der Waals surface area contributed by atoms with Gasteiger partial charge in [-0.15, -0.1) is 0 Å². The van der Waals surface area contributed by atoms with Gasteiger partial charge in [0.1, 0.15) is 18.1 Å². The van der Waals surface area contributed by atoms with E-state index < -0.39 is 54.0 Å². The molecule has 1 aromatic carbocycles. The normalized spacial score (nSPS) is 15.8. The molecule has 30 heavy (non-hydrogen) atoms. The van der Waals surface area contributed by atoms with E-state index in [1.165, 1.54) is 13.8 Å². The van der Waals surface area contributed by atoms with Crippen molar-refractivity contribution in [1.29, 1.82) is 0 Å². The van der Waals surface area contributed by atoms with Crippen LogP contribution in [0.15, 0.2) is 30.3 Å². The van der Waals surface area contributed by atoms with Gasteiger partial charge in [0.05, 0.1) is 12.1 Å². The van der Waals surface area contributed by atoms with E-state index in [0.29, 0.717) is 5.56 Å². The summed E-state index contributed by atoms with van der Waals surface area (Å²) in [4.78, 5) is 48.2. The van der Waals surface area contributed by atoms with E-state index >= 15 is 0 Å². The maximum Gasteiger partial charge on any atom is 0.326 e. The predicted molar refractivity (Wildman–Crippen MR) is 113 cm³/mol. The number of hydrogen-bond donors (Lipinski definition) is 7. The van der Waals surface area contributed by atoms with Gasteiger partial charge in [0.15, 0.2) is 0 Å². The molecule has 11 heteroatoms. The third-order valence-electron chi connectivity index (χ3n) is 4.25. The van der Waals surface area contributed by atoms with Crippen LogP contribution in [0.5, 0.6) is 0 Å². The Kier molecular flexibility index (Phi) is 10.3. The molecule has 7 N–H and O–H groups in total. The highest BCUT2D eigenvalue weighted by Crippen LogP contribution is 2.05. The topological polar surface area (TPSA) is 171 Å². The van der Waals surface area contributed by atoms with Crippen LogP contribution in [0.2, 0.25) is 0 Å². The number of rotatable bonds is 11. The first-order valence-corrected chi connectivity index (χ1v) is 9.92. The summed E-state index contributed by atoms with van der Waals surface area (Å²) in [7, 11) is 0. The quantitative estimate of drug-likeness (QED) is 0.204. The van der Waals surface area contributed by atoms with Gasteiger partial charge in [-0.25, -0.2) is 4.79 Å². The second-order valence-corrected chi connectivity index (χ2v) is 7.20. The summed E-state index contributed by atoms with van der Waals surface area (Å²) in [5, 5.41) is 26.4. The number of aliphatic hydroxyl groups is 1. The molecular weight excluding hydrogens is 412 g/mol. The molecule has 0 radical (unpaired) electrons. The first kappa shape index (κ1) is 25.4. The van der Waals surface area contributed by atoms with Gasteiger partial charge in [0.25, 0.3) is 0 Å². The van der Waals surface area contributed by atoms with Gasteiger partial charge in [-0.2, -0.15) is 12.6 Å². The van der Waals surface area contributed by atoms with Crippen LogP contribution in [0.1, 0.15) is 19.4 Å². The fourth-order valence-corrected chi connectivity index (χ4v) is 2.63. The first-order chi connectivity index (χ1) is 14.1. The maximum atomic E-state index is 12.6. The highest BCUT2D eigenvalue weighted by atomic mass is 32.1. The van der Waals surface area contributed by atoms with Crippen molar-refractivity contribution in [2.24, 2.45) is 5.73 Å². The number of carboxylic acids is 1. The van der Waals surface area contributed by atoms with Crippen LogP contribution < -0.4 is 21.7 Å². The number of thiol groups is 1. The largest absolute Gasteiger partial charge is 0.480 e. The lowest BCUT2D eigenvalue weighted by molar-refractivity contribution is -0.143. The summed E-state index contributed by atoms with van der Waals surface area (Å²) in [6, 6.07) is 4.06. The van der Waals surface area contributed by atoms with E-state index in [2.05, 4.69) is 28.6 Å². The lowest BCUT2D eigenvalue weighted by Crippen LogP contribution is -2.59. The van der Waals surface area contributed by atoms with Crippen LogP contribution in [0.4, 0.5) is 0 Å². The molecule has 0 aromatic heterocycles. The Morgan fingerprint density at radius 3 is 2.10 bits per heavy atom. The van der Waals surface area contributed by atoms with E-state index in [-0.39, 0.29) is 12.2 Å². The van der Waals surface area contributed by atoms with Crippen LogP contribution in [0.25, 0.3) is 0 Å². The average molecular weight is 441 g/mol. The summed E-state index contributed by atoms with van der Waals surface area (Å²) in [5.74, 6) is -3.39. The smallest absolute Gasteiger partial charge is 0.326 e. The molecule has 0 aliphatic rings.